The Bertz CT molecular complexity index is 839. The third-order valence-corrected chi connectivity index (χ3v) is 4.53. The van der Waals surface area contributed by atoms with Crippen molar-refractivity contribution in [2.75, 3.05) is 5.32 Å². The Balaban J connectivity index is 1.68. The Labute approximate surface area is 159 Å². The number of carbonyl (C=O) groups is 2. The lowest BCUT2D eigenvalue weighted by molar-refractivity contribution is -0.122. The van der Waals surface area contributed by atoms with Crippen LogP contribution in [0, 0.1) is 5.82 Å². The third-order valence-electron chi connectivity index (χ3n) is 3.91. The lowest BCUT2D eigenvalue weighted by atomic mass is 10.1. The van der Waals surface area contributed by atoms with Crippen molar-refractivity contribution in [3.63, 3.8) is 0 Å². The molecule has 26 heavy (non-hydrogen) atoms. The molecule has 0 aromatic heterocycles. The van der Waals surface area contributed by atoms with Gasteiger partial charge in [0.2, 0.25) is 0 Å². The van der Waals surface area contributed by atoms with Crippen LogP contribution in [0.1, 0.15) is 30.1 Å². The highest BCUT2D eigenvalue weighted by molar-refractivity contribution is 9.10. The molecule has 136 valence electrons. The molecule has 1 saturated carbocycles. The Morgan fingerprint density at radius 3 is 2.65 bits per heavy atom. The van der Waals surface area contributed by atoms with Crippen LogP contribution in [0.5, 0.6) is 5.75 Å². The average Bonchev–Trinajstić information content (AvgIpc) is 3.41. The number of ether oxygens (including phenoxy) is 1. The first-order valence-corrected chi connectivity index (χ1v) is 9.06. The van der Waals surface area contributed by atoms with Crippen molar-refractivity contribution in [3.05, 3.63) is 58.3 Å². The molecule has 7 heteroatoms. The van der Waals surface area contributed by atoms with Gasteiger partial charge in [-0.05, 0) is 66.0 Å². The minimum Gasteiger partial charge on any atom is -0.480 e. The standard InChI is InChI=1S/C19H18BrFN2O3/c1-11(26-17-9-6-12(21)10-15(17)20)18(24)23-16-5-3-2-4-14(16)19(25)22-13-7-8-13/h2-6,9-11,13H,7-8H2,1H3,(H,22,25)(H,23,24). The zero-order chi connectivity index (χ0) is 18.7. The summed E-state index contributed by atoms with van der Waals surface area (Å²) in [5.74, 6) is -0.670. The molecule has 2 amide bonds. The maximum absolute atomic E-state index is 13.1. The van der Waals surface area contributed by atoms with E-state index in [1.165, 1.54) is 18.2 Å². The molecular formula is C19H18BrFN2O3. The fourth-order valence-corrected chi connectivity index (χ4v) is 2.77. The second-order valence-electron chi connectivity index (χ2n) is 6.12. The molecule has 1 atom stereocenters. The maximum Gasteiger partial charge on any atom is 0.265 e. The molecule has 1 fully saturated rings. The number of anilines is 1. The van der Waals surface area contributed by atoms with Crippen LogP contribution in [0.2, 0.25) is 0 Å². The van der Waals surface area contributed by atoms with Gasteiger partial charge in [-0.15, -0.1) is 0 Å². The fourth-order valence-electron chi connectivity index (χ4n) is 2.33. The molecule has 5 nitrogen and oxygen atoms in total. The molecule has 0 heterocycles. The van der Waals surface area contributed by atoms with Crippen molar-refractivity contribution in [2.45, 2.75) is 31.9 Å². The van der Waals surface area contributed by atoms with Gasteiger partial charge >= 0.3 is 0 Å². The van der Waals surface area contributed by atoms with Gasteiger partial charge in [0.1, 0.15) is 11.6 Å². The number of rotatable bonds is 6. The van der Waals surface area contributed by atoms with Gasteiger partial charge in [0.15, 0.2) is 6.10 Å². The number of halogens is 2. The van der Waals surface area contributed by atoms with E-state index >= 15 is 0 Å². The van der Waals surface area contributed by atoms with Crippen LogP contribution in [0.3, 0.4) is 0 Å². The quantitative estimate of drug-likeness (QED) is 0.744. The third kappa shape index (κ3) is 4.60. The molecule has 0 radical (unpaired) electrons. The summed E-state index contributed by atoms with van der Waals surface area (Å²) in [4.78, 5) is 24.7. The zero-order valence-corrected chi connectivity index (χ0v) is 15.7. The smallest absolute Gasteiger partial charge is 0.265 e. The summed E-state index contributed by atoms with van der Waals surface area (Å²) in [6.07, 6.45) is 1.13. The number of nitrogens with one attached hydrogen (secondary N) is 2. The van der Waals surface area contributed by atoms with Crippen molar-refractivity contribution in [2.24, 2.45) is 0 Å². The average molecular weight is 421 g/mol. The summed E-state index contributed by atoms with van der Waals surface area (Å²) >= 11 is 3.20. The number of hydrogen-bond acceptors (Lipinski definition) is 3. The van der Waals surface area contributed by atoms with E-state index in [0.29, 0.717) is 21.5 Å². The highest BCUT2D eigenvalue weighted by Crippen LogP contribution is 2.27. The lowest BCUT2D eigenvalue weighted by Crippen LogP contribution is -2.32. The molecule has 1 aliphatic carbocycles. The lowest BCUT2D eigenvalue weighted by Gasteiger charge is -2.17. The zero-order valence-electron chi connectivity index (χ0n) is 14.1. The summed E-state index contributed by atoms with van der Waals surface area (Å²) in [5, 5.41) is 5.62. The van der Waals surface area contributed by atoms with Gasteiger partial charge in [0, 0.05) is 6.04 Å². The molecule has 2 N–H and O–H groups in total. The first kappa shape index (κ1) is 18.4. The highest BCUT2D eigenvalue weighted by Gasteiger charge is 2.25. The van der Waals surface area contributed by atoms with Crippen molar-refractivity contribution in [1.82, 2.24) is 5.32 Å². The molecule has 2 aromatic rings. The van der Waals surface area contributed by atoms with E-state index in [-0.39, 0.29) is 11.9 Å². The van der Waals surface area contributed by atoms with Gasteiger partial charge in [-0.25, -0.2) is 4.39 Å². The van der Waals surface area contributed by atoms with Crippen LogP contribution in [0.15, 0.2) is 46.9 Å². The van der Waals surface area contributed by atoms with Crippen LogP contribution in [0.4, 0.5) is 10.1 Å². The van der Waals surface area contributed by atoms with Crippen molar-refractivity contribution in [1.29, 1.82) is 0 Å². The van der Waals surface area contributed by atoms with Crippen LogP contribution < -0.4 is 15.4 Å². The van der Waals surface area contributed by atoms with Crippen molar-refractivity contribution in [3.8, 4) is 5.75 Å². The number of hydrogen-bond donors (Lipinski definition) is 2. The fraction of sp³-hybridized carbons (Fsp3) is 0.263. The topological polar surface area (TPSA) is 67.4 Å². The summed E-state index contributed by atoms with van der Waals surface area (Å²) < 4.78 is 19.1. The SMILES string of the molecule is CC(Oc1ccc(F)cc1Br)C(=O)Nc1ccccc1C(=O)NC1CC1. The van der Waals surface area contributed by atoms with Gasteiger partial charge in [-0.1, -0.05) is 12.1 Å². The molecule has 0 saturated heterocycles. The number of benzene rings is 2. The highest BCUT2D eigenvalue weighted by atomic mass is 79.9. The van der Waals surface area contributed by atoms with Gasteiger partial charge in [0.25, 0.3) is 11.8 Å². The molecule has 1 unspecified atom stereocenters. The summed E-state index contributed by atoms with van der Waals surface area (Å²) in [6.45, 7) is 1.58. The molecule has 0 aliphatic heterocycles. The Morgan fingerprint density at radius 2 is 1.96 bits per heavy atom. The van der Waals surface area contributed by atoms with Crippen LogP contribution in [0.25, 0.3) is 0 Å². The molecule has 2 aromatic carbocycles. The monoisotopic (exact) mass is 420 g/mol. The largest absolute Gasteiger partial charge is 0.480 e. The number of amides is 2. The predicted molar refractivity (Wildman–Crippen MR) is 99.7 cm³/mol. The van der Waals surface area contributed by atoms with E-state index in [4.69, 9.17) is 4.74 Å². The predicted octanol–water partition coefficient (Wildman–Crippen LogP) is 3.89. The van der Waals surface area contributed by atoms with Crippen LogP contribution >= 0.6 is 15.9 Å². The van der Waals surface area contributed by atoms with E-state index in [2.05, 4.69) is 26.6 Å². The Kier molecular flexibility index (Phi) is 5.56. The van der Waals surface area contributed by atoms with E-state index in [1.807, 2.05) is 0 Å². The minimum absolute atomic E-state index is 0.210. The molecule has 3 rings (SSSR count). The maximum atomic E-state index is 13.1. The molecule has 0 bridgehead atoms. The molecule has 1 aliphatic rings. The van der Waals surface area contributed by atoms with Gasteiger partial charge in [-0.3, -0.25) is 9.59 Å². The Morgan fingerprint density at radius 1 is 1.23 bits per heavy atom. The van der Waals surface area contributed by atoms with Crippen molar-refractivity contribution >= 4 is 33.4 Å². The molecule has 0 spiro atoms. The van der Waals surface area contributed by atoms with Gasteiger partial charge in [0.05, 0.1) is 15.7 Å². The number of carbonyl (C=O) groups excluding carboxylic acids is 2. The summed E-state index contributed by atoms with van der Waals surface area (Å²) in [5.41, 5.74) is 0.826. The summed E-state index contributed by atoms with van der Waals surface area (Å²) in [6, 6.07) is 11.0. The Hall–Kier alpha value is -2.41. The van der Waals surface area contributed by atoms with Crippen molar-refractivity contribution < 1.29 is 18.7 Å². The first-order valence-electron chi connectivity index (χ1n) is 8.26. The van der Waals surface area contributed by atoms with Gasteiger partial charge in [-0.2, -0.15) is 0 Å². The van der Waals surface area contributed by atoms with Crippen LogP contribution in [-0.2, 0) is 4.79 Å². The van der Waals surface area contributed by atoms with E-state index in [1.54, 1.807) is 31.2 Å². The second-order valence-corrected chi connectivity index (χ2v) is 6.97. The minimum atomic E-state index is -0.837. The molecular weight excluding hydrogens is 403 g/mol. The number of para-hydroxylation sites is 1. The normalized spacial score (nSPS) is 14.4. The van der Waals surface area contributed by atoms with E-state index in [9.17, 15) is 14.0 Å². The van der Waals surface area contributed by atoms with Gasteiger partial charge < -0.3 is 15.4 Å². The van der Waals surface area contributed by atoms with E-state index < -0.39 is 17.8 Å². The first-order chi connectivity index (χ1) is 12.4. The summed E-state index contributed by atoms with van der Waals surface area (Å²) in [7, 11) is 0. The van der Waals surface area contributed by atoms with Crippen LogP contribution in [-0.4, -0.2) is 24.0 Å². The second kappa shape index (κ2) is 7.86. The van der Waals surface area contributed by atoms with E-state index in [0.717, 1.165) is 12.8 Å².